The van der Waals surface area contributed by atoms with Crippen molar-refractivity contribution in [1.29, 1.82) is 0 Å². The summed E-state index contributed by atoms with van der Waals surface area (Å²) in [6.07, 6.45) is -6.78. The maximum atomic E-state index is 14.4. The Bertz CT molecular complexity index is 1130. The van der Waals surface area contributed by atoms with Gasteiger partial charge in [0.1, 0.15) is 24.4 Å². The Labute approximate surface area is 176 Å². The normalized spacial score (nSPS) is 12.3. The number of aryl methyl sites for hydroxylation is 1. The average Bonchev–Trinajstić information content (AvgIpc) is 3.06. The van der Waals surface area contributed by atoms with Crippen LogP contribution in [0.3, 0.4) is 0 Å². The van der Waals surface area contributed by atoms with Gasteiger partial charge in [-0.2, -0.15) is 26.3 Å². The molecule has 1 amide bonds. The number of hydrogen-bond donors (Lipinski definition) is 1. The minimum absolute atomic E-state index is 0.000830. The van der Waals surface area contributed by atoms with Gasteiger partial charge in [0.05, 0.1) is 23.1 Å². The van der Waals surface area contributed by atoms with Crippen LogP contribution in [0.15, 0.2) is 30.7 Å². The fourth-order valence-corrected chi connectivity index (χ4v) is 3.02. The van der Waals surface area contributed by atoms with E-state index in [1.165, 1.54) is 30.1 Å². The van der Waals surface area contributed by atoms with E-state index < -0.39 is 42.7 Å². The van der Waals surface area contributed by atoms with Crippen LogP contribution in [0.1, 0.15) is 11.1 Å². The molecule has 172 valence electrons. The molecule has 0 spiro atoms. The minimum atomic E-state index is -4.72. The fourth-order valence-electron chi connectivity index (χ4n) is 3.02. The van der Waals surface area contributed by atoms with Gasteiger partial charge in [0, 0.05) is 13.2 Å². The number of hydrogen-bond acceptors (Lipinski definition) is 4. The van der Waals surface area contributed by atoms with Crippen molar-refractivity contribution in [3.8, 4) is 0 Å². The number of nitrogens with zero attached hydrogens (tertiary/aromatic N) is 4. The van der Waals surface area contributed by atoms with Crippen LogP contribution >= 0.6 is 0 Å². The molecule has 3 aromatic rings. The molecule has 0 saturated heterocycles. The lowest BCUT2D eigenvalue weighted by Gasteiger charge is -2.19. The van der Waals surface area contributed by atoms with E-state index in [2.05, 4.69) is 15.3 Å². The number of carbonyl (C=O) groups is 1. The van der Waals surface area contributed by atoms with E-state index in [0.717, 1.165) is 13.1 Å². The predicted octanol–water partition coefficient (Wildman–Crippen LogP) is 4.66. The molecule has 0 fully saturated rings. The number of imidazole rings is 1. The van der Waals surface area contributed by atoms with Crippen LogP contribution in [0.4, 0.5) is 42.2 Å². The van der Waals surface area contributed by atoms with Gasteiger partial charge in [0.2, 0.25) is 5.91 Å². The monoisotopic (exact) mass is 463 g/mol. The van der Waals surface area contributed by atoms with Crippen LogP contribution in [0.5, 0.6) is 0 Å². The summed E-state index contributed by atoms with van der Waals surface area (Å²) in [5.74, 6) is -1.98. The van der Waals surface area contributed by atoms with Crippen LogP contribution in [-0.4, -0.2) is 45.1 Å². The molecule has 32 heavy (non-hydrogen) atoms. The second-order valence-electron chi connectivity index (χ2n) is 7.04. The smallest absolute Gasteiger partial charge is 0.336 e. The van der Waals surface area contributed by atoms with Gasteiger partial charge < -0.3 is 14.8 Å². The molecular formula is C19H16F7N5O. The van der Waals surface area contributed by atoms with Crippen molar-refractivity contribution in [1.82, 2.24) is 19.4 Å². The van der Waals surface area contributed by atoms with E-state index in [-0.39, 0.29) is 22.6 Å². The molecule has 0 aliphatic heterocycles. The summed E-state index contributed by atoms with van der Waals surface area (Å²) < 4.78 is 91.7. The number of pyridine rings is 1. The molecule has 0 saturated carbocycles. The SMILES string of the molecule is Cc1cc(C(F)(F)F)cc(F)c1Nc1nccc2c1ncn2CC(=O)N(C)CC(F)(F)F. The number of likely N-dealkylation sites (N-methyl/N-ethyl adjacent to an activating group) is 1. The van der Waals surface area contributed by atoms with Crippen LogP contribution in [-0.2, 0) is 17.5 Å². The Kier molecular flexibility index (Phi) is 6.03. The van der Waals surface area contributed by atoms with E-state index in [1.54, 1.807) is 0 Å². The topological polar surface area (TPSA) is 63.1 Å². The van der Waals surface area contributed by atoms with Crippen LogP contribution < -0.4 is 5.32 Å². The van der Waals surface area contributed by atoms with Gasteiger partial charge in [-0.05, 0) is 30.7 Å². The van der Waals surface area contributed by atoms with Gasteiger partial charge in [-0.1, -0.05) is 0 Å². The van der Waals surface area contributed by atoms with Crippen LogP contribution in [0.2, 0.25) is 0 Å². The molecule has 0 unspecified atom stereocenters. The van der Waals surface area contributed by atoms with Crippen molar-refractivity contribution in [2.24, 2.45) is 0 Å². The Morgan fingerprint density at radius 2 is 1.84 bits per heavy atom. The van der Waals surface area contributed by atoms with Crippen molar-refractivity contribution in [3.05, 3.63) is 47.7 Å². The largest absolute Gasteiger partial charge is 0.416 e. The third kappa shape index (κ3) is 5.08. The molecule has 0 bridgehead atoms. The highest BCUT2D eigenvalue weighted by atomic mass is 19.4. The van der Waals surface area contributed by atoms with Crippen molar-refractivity contribution in [3.63, 3.8) is 0 Å². The summed E-state index contributed by atoms with van der Waals surface area (Å²) in [7, 11) is 1.01. The maximum absolute atomic E-state index is 14.4. The highest BCUT2D eigenvalue weighted by Crippen LogP contribution is 2.34. The Hall–Kier alpha value is -3.38. The maximum Gasteiger partial charge on any atom is 0.416 e. The number of aromatic nitrogens is 3. The molecule has 0 aliphatic carbocycles. The number of anilines is 2. The van der Waals surface area contributed by atoms with Crippen molar-refractivity contribution >= 4 is 28.4 Å². The first-order chi connectivity index (χ1) is 14.8. The van der Waals surface area contributed by atoms with Gasteiger partial charge in [-0.25, -0.2) is 14.4 Å². The molecule has 0 atom stereocenters. The Balaban J connectivity index is 1.88. The molecule has 3 rings (SSSR count). The van der Waals surface area contributed by atoms with Gasteiger partial charge >= 0.3 is 12.4 Å². The predicted molar refractivity (Wildman–Crippen MR) is 101 cm³/mol. The third-order valence-electron chi connectivity index (χ3n) is 4.54. The molecule has 13 heteroatoms. The molecule has 2 heterocycles. The van der Waals surface area contributed by atoms with Crippen LogP contribution in [0.25, 0.3) is 11.0 Å². The molecule has 1 aromatic carbocycles. The van der Waals surface area contributed by atoms with E-state index >= 15 is 0 Å². The zero-order valence-electron chi connectivity index (χ0n) is 16.6. The second-order valence-corrected chi connectivity index (χ2v) is 7.04. The zero-order valence-corrected chi connectivity index (χ0v) is 16.6. The molecule has 0 aliphatic rings. The molecule has 6 nitrogen and oxygen atoms in total. The third-order valence-corrected chi connectivity index (χ3v) is 4.54. The lowest BCUT2D eigenvalue weighted by molar-refractivity contribution is -0.158. The molecule has 0 radical (unpaired) electrons. The van der Waals surface area contributed by atoms with Crippen LogP contribution in [0, 0.1) is 12.7 Å². The van der Waals surface area contributed by atoms with Gasteiger partial charge in [-0.3, -0.25) is 4.79 Å². The Morgan fingerprint density at radius 1 is 1.16 bits per heavy atom. The number of alkyl halides is 6. The number of benzene rings is 1. The number of nitrogens with one attached hydrogen (secondary N) is 1. The minimum Gasteiger partial charge on any atom is -0.336 e. The first kappa shape index (κ1) is 23.3. The average molecular weight is 463 g/mol. The number of fused-ring (bicyclic) bond motifs is 1. The number of halogens is 7. The summed E-state index contributed by atoms with van der Waals surface area (Å²) in [5.41, 5.74) is -0.957. The molecular weight excluding hydrogens is 447 g/mol. The molecule has 1 N–H and O–H groups in total. The summed E-state index contributed by atoms with van der Waals surface area (Å²) in [6.45, 7) is -0.575. The lowest BCUT2D eigenvalue weighted by Crippen LogP contribution is -2.37. The highest BCUT2D eigenvalue weighted by Gasteiger charge is 2.32. The van der Waals surface area contributed by atoms with Crippen molar-refractivity contribution in [2.75, 3.05) is 18.9 Å². The second kappa shape index (κ2) is 8.28. The zero-order chi connectivity index (χ0) is 23.8. The quantitative estimate of drug-likeness (QED) is 0.559. The van der Waals surface area contributed by atoms with E-state index in [4.69, 9.17) is 0 Å². The first-order valence-corrected chi connectivity index (χ1v) is 9.01. The van der Waals surface area contributed by atoms with Crippen molar-refractivity contribution in [2.45, 2.75) is 25.8 Å². The molecule has 2 aromatic heterocycles. The van der Waals surface area contributed by atoms with E-state index in [9.17, 15) is 35.5 Å². The van der Waals surface area contributed by atoms with Gasteiger partial charge in [0.15, 0.2) is 5.82 Å². The summed E-state index contributed by atoms with van der Waals surface area (Å²) in [5, 5.41) is 2.61. The fraction of sp³-hybridized carbons (Fsp3) is 0.316. The van der Waals surface area contributed by atoms with Gasteiger partial charge in [-0.15, -0.1) is 0 Å². The summed E-state index contributed by atoms with van der Waals surface area (Å²) in [4.78, 5) is 20.7. The number of carbonyl (C=O) groups excluding carboxylic acids is 1. The highest BCUT2D eigenvalue weighted by molar-refractivity contribution is 5.89. The van der Waals surface area contributed by atoms with E-state index in [0.29, 0.717) is 16.5 Å². The lowest BCUT2D eigenvalue weighted by atomic mass is 10.1. The number of rotatable bonds is 5. The van der Waals surface area contributed by atoms with Crippen molar-refractivity contribution < 1.29 is 35.5 Å². The number of amides is 1. The van der Waals surface area contributed by atoms with E-state index in [1.807, 2.05) is 0 Å². The summed E-state index contributed by atoms with van der Waals surface area (Å²) >= 11 is 0. The first-order valence-electron chi connectivity index (χ1n) is 9.01. The van der Waals surface area contributed by atoms with Gasteiger partial charge in [0.25, 0.3) is 0 Å². The summed E-state index contributed by atoms with van der Waals surface area (Å²) in [6, 6.07) is 2.57. The Morgan fingerprint density at radius 3 is 2.44 bits per heavy atom. The standard InChI is InChI=1S/C19H16F7N5O/c1-10-5-11(19(24,25)26)6-12(20)15(10)29-17-16-13(3-4-27-17)31(9-28-16)7-14(32)30(2)8-18(21,22)23/h3-6,9H,7-8H2,1-2H3,(H,27,29).